The summed E-state index contributed by atoms with van der Waals surface area (Å²) in [6.07, 6.45) is 5.46. The molecule has 0 heterocycles. The Morgan fingerprint density at radius 1 is 1.26 bits per heavy atom. The first-order chi connectivity index (χ1) is 9.04. The fourth-order valence-electron chi connectivity index (χ4n) is 1.80. The van der Waals surface area contributed by atoms with E-state index in [1.807, 2.05) is 12.2 Å². The van der Waals surface area contributed by atoms with Crippen LogP contribution in [0, 0.1) is 5.41 Å². The third kappa shape index (κ3) is 2.86. The number of rotatable bonds is 2. The summed E-state index contributed by atoms with van der Waals surface area (Å²) in [5.74, 6) is 0. The van der Waals surface area contributed by atoms with Gasteiger partial charge in [-0.05, 0) is 18.2 Å². The summed E-state index contributed by atoms with van der Waals surface area (Å²) in [4.78, 5) is 0. The molecule has 5 heteroatoms. The van der Waals surface area contributed by atoms with Gasteiger partial charge in [0, 0.05) is 33.8 Å². The molecule has 2 N–H and O–H groups in total. The Kier molecular flexibility index (Phi) is 4.35. The molecule has 0 spiro atoms. The van der Waals surface area contributed by atoms with Crippen LogP contribution in [0.1, 0.15) is 5.56 Å². The lowest BCUT2D eigenvalue weighted by Gasteiger charge is -2.16. The van der Waals surface area contributed by atoms with E-state index in [-0.39, 0.29) is 0 Å². The number of halogens is 3. The Morgan fingerprint density at radius 2 is 2.00 bits per heavy atom. The molecule has 1 aliphatic rings. The molecule has 0 aromatic heterocycles. The minimum absolute atomic E-state index is 0.325. The molecule has 0 amide bonds. The summed E-state index contributed by atoms with van der Waals surface area (Å²) in [5.41, 5.74) is 2.44. The van der Waals surface area contributed by atoms with Crippen LogP contribution in [0.3, 0.4) is 0 Å². The second-order valence-electron chi connectivity index (χ2n) is 3.92. The van der Waals surface area contributed by atoms with Crippen molar-refractivity contribution in [3.63, 3.8) is 0 Å². The van der Waals surface area contributed by atoms with Crippen LogP contribution >= 0.6 is 34.8 Å². The molecule has 0 atom stereocenters. The van der Waals surface area contributed by atoms with Crippen molar-refractivity contribution >= 4 is 46.1 Å². The van der Waals surface area contributed by atoms with E-state index in [0.29, 0.717) is 32.1 Å². The molecule has 98 valence electrons. The van der Waals surface area contributed by atoms with Crippen molar-refractivity contribution in [1.29, 1.82) is 5.41 Å². The minimum atomic E-state index is 0.325. The number of benzene rings is 1. The fraction of sp³-hybridized carbons (Fsp3) is 0.0714. The standard InChI is InChI=1S/C14H11Cl3N2/c1-19-14(17)11-4-2-3-10(13(11)18)9-6-5-8(15)7-12(9)16/h2-7,18-19H,1H3/b14-11-,18-13?. The van der Waals surface area contributed by atoms with Crippen molar-refractivity contribution < 1.29 is 0 Å². The Morgan fingerprint density at radius 3 is 2.63 bits per heavy atom. The van der Waals surface area contributed by atoms with E-state index in [1.54, 1.807) is 31.3 Å². The monoisotopic (exact) mass is 312 g/mol. The minimum Gasteiger partial charge on any atom is -0.378 e. The maximum absolute atomic E-state index is 8.23. The summed E-state index contributed by atoms with van der Waals surface area (Å²) in [5, 5.41) is 12.6. The van der Waals surface area contributed by atoms with Crippen LogP contribution in [0.25, 0.3) is 5.57 Å². The van der Waals surface area contributed by atoms with Crippen molar-refractivity contribution in [1.82, 2.24) is 5.32 Å². The van der Waals surface area contributed by atoms with Gasteiger partial charge in [-0.1, -0.05) is 53.0 Å². The highest BCUT2D eigenvalue weighted by Gasteiger charge is 2.18. The fourth-order valence-corrected chi connectivity index (χ4v) is 2.47. The Hall–Kier alpha value is -1.22. The van der Waals surface area contributed by atoms with Gasteiger partial charge < -0.3 is 5.32 Å². The van der Waals surface area contributed by atoms with Crippen LogP contribution in [-0.4, -0.2) is 12.8 Å². The maximum Gasteiger partial charge on any atom is 0.111 e. The predicted molar refractivity (Wildman–Crippen MR) is 83.2 cm³/mol. The largest absolute Gasteiger partial charge is 0.378 e. The smallest absolute Gasteiger partial charge is 0.111 e. The summed E-state index contributed by atoms with van der Waals surface area (Å²) in [6, 6.07) is 5.21. The van der Waals surface area contributed by atoms with Crippen molar-refractivity contribution in [2.45, 2.75) is 0 Å². The summed E-state index contributed by atoms with van der Waals surface area (Å²) in [7, 11) is 1.71. The first-order valence-electron chi connectivity index (χ1n) is 5.55. The zero-order valence-electron chi connectivity index (χ0n) is 10.1. The average molecular weight is 314 g/mol. The van der Waals surface area contributed by atoms with Gasteiger partial charge in [0.25, 0.3) is 0 Å². The molecule has 1 aliphatic carbocycles. The van der Waals surface area contributed by atoms with Gasteiger partial charge in [0.2, 0.25) is 0 Å². The van der Waals surface area contributed by atoms with Crippen molar-refractivity contribution in [3.8, 4) is 0 Å². The molecule has 0 aliphatic heterocycles. The van der Waals surface area contributed by atoms with Crippen LogP contribution in [0.4, 0.5) is 0 Å². The van der Waals surface area contributed by atoms with E-state index in [1.165, 1.54) is 0 Å². The van der Waals surface area contributed by atoms with Gasteiger partial charge in [0.15, 0.2) is 0 Å². The summed E-state index contributed by atoms with van der Waals surface area (Å²) >= 11 is 18.1. The second kappa shape index (κ2) is 5.83. The SMILES string of the molecule is CN/C(Cl)=C1/C=CC=C(c2ccc(Cl)cc2Cl)C1=N. The van der Waals surface area contributed by atoms with E-state index in [2.05, 4.69) is 5.32 Å². The molecule has 0 saturated carbocycles. The lowest BCUT2D eigenvalue weighted by atomic mass is 9.92. The molecule has 2 nitrogen and oxygen atoms in total. The van der Waals surface area contributed by atoms with Crippen molar-refractivity contribution in [3.05, 3.63) is 62.8 Å². The predicted octanol–water partition coefficient (Wildman–Crippen LogP) is 4.64. The number of hydrogen-bond acceptors (Lipinski definition) is 2. The lowest BCUT2D eigenvalue weighted by Crippen LogP contribution is -2.13. The van der Waals surface area contributed by atoms with Gasteiger partial charge in [-0.15, -0.1) is 0 Å². The zero-order valence-corrected chi connectivity index (χ0v) is 12.4. The molecule has 0 fully saturated rings. The number of allylic oxidation sites excluding steroid dienone is 5. The third-order valence-corrected chi connectivity index (χ3v) is 3.68. The first-order valence-corrected chi connectivity index (χ1v) is 6.68. The Balaban J connectivity index is 2.49. The highest BCUT2D eigenvalue weighted by atomic mass is 35.5. The van der Waals surface area contributed by atoms with Gasteiger partial charge >= 0.3 is 0 Å². The van der Waals surface area contributed by atoms with Gasteiger partial charge in [-0.2, -0.15) is 0 Å². The van der Waals surface area contributed by atoms with Crippen LogP contribution < -0.4 is 5.32 Å². The summed E-state index contributed by atoms with van der Waals surface area (Å²) < 4.78 is 0. The summed E-state index contributed by atoms with van der Waals surface area (Å²) in [6.45, 7) is 0. The van der Waals surface area contributed by atoms with Crippen LogP contribution in [0.5, 0.6) is 0 Å². The third-order valence-electron chi connectivity index (χ3n) is 2.74. The lowest BCUT2D eigenvalue weighted by molar-refractivity contribution is 1.06. The maximum atomic E-state index is 8.23. The topological polar surface area (TPSA) is 35.9 Å². The van der Waals surface area contributed by atoms with Gasteiger partial charge in [-0.3, -0.25) is 5.41 Å². The first kappa shape index (κ1) is 14.2. The molecule has 2 rings (SSSR count). The second-order valence-corrected chi connectivity index (χ2v) is 5.14. The Labute approximate surface area is 126 Å². The van der Waals surface area contributed by atoms with Crippen molar-refractivity contribution in [2.75, 3.05) is 7.05 Å². The van der Waals surface area contributed by atoms with Gasteiger partial charge in [0.05, 0.1) is 5.71 Å². The molecular weight excluding hydrogens is 303 g/mol. The Bertz CT molecular complexity index is 628. The molecule has 0 radical (unpaired) electrons. The van der Waals surface area contributed by atoms with E-state index in [9.17, 15) is 0 Å². The zero-order chi connectivity index (χ0) is 14.0. The van der Waals surface area contributed by atoms with Crippen LogP contribution in [0.2, 0.25) is 10.0 Å². The molecule has 0 unspecified atom stereocenters. The molecule has 1 aromatic carbocycles. The molecule has 0 saturated heterocycles. The molecule has 0 bridgehead atoms. The average Bonchev–Trinajstić information content (AvgIpc) is 2.39. The van der Waals surface area contributed by atoms with Crippen LogP contribution in [-0.2, 0) is 0 Å². The van der Waals surface area contributed by atoms with Crippen LogP contribution in [0.15, 0.2) is 47.2 Å². The molecule has 1 aromatic rings. The highest BCUT2D eigenvalue weighted by molar-refractivity contribution is 6.42. The van der Waals surface area contributed by atoms with Crippen molar-refractivity contribution in [2.24, 2.45) is 0 Å². The normalized spacial score (nSPS) is 17.3. The van der Waals surface area contributed by atoms with E-state index < -0.39 is 0 Å². The van der Waals surface area contributed by atoms with E-state index in [0.717, 1.165) is 5.56 Å². The van der Waals surface area contributed by atoms with Gasteiger partial charge in [-0.25, -0.2) is 0 Å². The van der Waals surface area contributed by atoms with E-state index in [4.69, 9.17) is 40.2 Å². The quantitative estimate of drug-likeness (QED) is 0.767. The van der Waals surface area contributed by atoms with E-state index >= 15 is 0 Å². The molecular formula is C14H11Cl3N2. The van der Waals surface area contributed by atoms with Gasteiger partial charge in [0.1, 0.15) is 5.16 Å². The highest BCUT2D eigenvalue weighted by Crippen LogP contribution is 2.32. The molecule has 19 heavy (non-hydrogen) atoms. The number of hydrogen-bond donors (Lipinski definition) is 2. The number of nitrogens with one attached hydrogen (secondary N) is 2.